The summed E-state index contributed by atoms with van der Waals surface area (Å²) in [7, 11) is 3.94. The summed E-state index contributed by atoms with van der Waals surface area (Å²) >= 11 is 0. The highest BCUT2D eigenvalue weighted by atomic mass is 16.4. The summed E-state index contributed by atoms with van der Waals surface area (Å²) in [6, 6.07) is 10.9. The van der Waals surface area contributed by atoms with Crippen molar-refractivity contribution in [3.63, 3.8) is 0 Å². The number of hydrogen-bond acceptors (Lipinski definition) is 4. The Kier molecular flexibility index (Phi) is 3.06. The van der Waals surface area contributed by atoms with Gasteiger partial charge in [-0.3, -0.25) is 0 Å². The molecule has 0 spiro atoms. The quantitative estimate of drug-likeness (QED) is 0.797. The molecule has 21 heavy (non-hydrogen) atoms. The molecule has 0 aliphatic rings. The minimum atomic E-state index is -1.01. The summed E-state index contributed by atoms with van der Waals surface area (Å²) in [4.78, 5) is 17.5. The second-order valence-electron chi connectivity index (χ2n) is 4.87. The van der Waals surface area contributed by atoms with E-state index in [0.717, 1.165) is 11.3 Å². The Hall–Kier alpha value is -2.89. The van der Waals surface area contributed by atoms with Gasteiger partial charge < -0.3 is 10.0 Å². The van der Waals surface area contributed by atoms with Crippen LogP contribution in [0.4, 0.5) is 5.69 Å². The van der Waals surface area contributed by atoms with Crippen LogP contribution in [0.25, 0.3) is 17.0 Å². The van der Waals surface area contributed by atoms with Crippen LogP contribution in [0.15, 0.2) is 42.6 Å². The largest absolute Gasteiger partial charge is 0.478 e. The van der Waals surface area contributed by atoms with E-state index >= 15 is 0 Å². The van der Waals surface area contributed by atoms with E-state index in [-0.39, 0.29) is 5.56 Å². The molecule has 0 aliphatic carbocycles. The first-order chi connectivity index (χ1) is 10.1. The van der Waals surface area contributed by atoms with Crippen LogP contribution < -0.4 is 4.90 Å². The number of benzene rings is 1. The predicted molar refractivity (Wildman–Crippen MR) is 79.7 cm³/mol. The van der Waals surface area contributed by atoms with E-state index in [1.165, 1.54) is 10.6 Å². The summed E-state index contributed by atoms with van der Waals surface area (Å²) in [5.74, 6) is -0.503. The topological polar surface area (TPSA) is 70.7 Å². The highest BCUT2D eigenvalue weighted by molar-refractivity contribution is 5.94. The standard InChI is InChI=1S/C15H14N4O2/c1-18(2)11-7-5-10(6-8-11)13-16-14-12(15(20)21)4-3-9-19(14)17-13/h3-9H,1-2H3,(H,20,21). The molecule has 0 unspecified atom stereocenters. The second-order valence-corrected chi connectivity index (χ2v) is 4.87. The van der Waals surface area contributed by atoms with Crippen molar-refractivity contribution < 1.29 is 9.90 Å². The van der Waals surface area contributed by atoms with Gasteiger partial charge in [0.1, 0.15) is 5.56 Å². The van der Waals surface area contributed by atoms with Crippen molar-refractivity contribution in [1.29, 1.82) is 0 Å². The fourth-order valence-corrected chi connectivity index (χ4v) is 2.10. The van der Waals surface area contributed by atoms with Gasteiger partial charge in [0, 0.05) is 31.5 Å². The third-order valence-electron chi connectivity index (χ3n) is 3.23. The van der Waals surface area contributed by atoms with E-state index in [1.807, 2.05) is 43.3 Å². The molecule has 1 N–H and O–H groups in total. The lowest BCUT2D eigenvalue weighted by molar-refractivity contribution is 0.0698. The number of carboxylic acid groups (broad SMARTS) is 1. The van der Waals surface area contributed by atoms with Gasteiger partial charge in [-0.25, -0.2) is 14.3 Å². The fourth-order valence-electron chi connectivity index (χ4n) is 2.10. The van der Waals surface area contributed by atoms with Crippen LogP contribution in [0.5, 0.6) is 0 Å². The molecule has 3 rings (SSSR count). The molecule has 0 fully saturated rings. The lowest BCUT2D eigenvalue weighted by atomic mass is 10.2. The normalized spacial score (nSPS) is 10.8. The summed E-state index contributed by atoms with van der Waals surface area (Å²) in [5.41, 5.74) is 2.41. The Morgan fingerprint density at radius 1 is 1.19 bits per heavy atom. The van der Waals surface area contributed by atoms with E-state index < -0.39 is 5.97 Å². The van der Waals surface area contributed by atoms with Crippen LogP contribution in [-0.4, -0.2) is 39.8 Å². The SMILES string of the molecule is CN(C)c1ccc(-c2nc3c(C(=O)O)cccn3n2)cc1. The fraction of sp³-hybridized carbons (Fsp3) is 0.133. The predicted octanol–water partition coefficient (Wildman–Crippen LogP) is 2.16. The summed E-state index contributed by atoms with van der Waals surface area (Å²) in [5, 5.41) is 13.5. The molecule has 0 aliphatic heterocycles. The smallest absolute Gasteiger partial charge is 0.339 e. The first-order valence-corrected chi connectivity index (χ1v) is 6.43. The maximum Gasteiger partial charge on any atom is 0.339 e. The first-order valence-electron chi connectivity index (χ1n) is 6.43. The Balaban J connectivity index is 2.09. The molecule has 0 saturated carbocycles. The van der Waals surface area contributed by atoms with Gasteiger partial charge in [-0.15, -0.1) is 5.10 Å². The van der Waals surface area contributed by atoms with Crippen LogP contribution in [-0.2, 0) is 0 Å². The Morgan fingerprint density at radius 3 is 2.52 bits per heavy atom. The van der Waals surface area contributed by atoms with Crippen LogP contribution in [0.2, 0.25) is 0 Å². The van der Waals surface area contributed by atoms with Gasteiger partial charge in [0.15, 0.2) is 11.5 Å². The van der Waals surface area contributed by atoms with Gasteiger partial charge in [0.05, 0.1) is 0 Å². The van der Waals surface area contributed by atoms with E-state index in [2.05, 4.69) is 10.1 Å². The minimum absolute atomic E-state index is 0.140. The van der Waals surface area contributed by atoms with E-state index in [1.54, 1.807) is 12.3 Å². The second kappa shape index (κ2) is 4.90. The Bertz CT molecular complexity index is 806. The Labute approximate surface area is 121 Å². The summed E-state index contributed by atoms with van der Waals surface area (Å²) in [6.07, 6.45) is 1.69. The van der Waals surface area contributed by atoms with Crippen molar-refractivity contribution in [3.05, 3.63) is 48.2 Å². The molecule has 6 heteroatoms. The molecular formula is C15H14N4O2. The highest BCUT2D eigenvalue weighted by Gasteiger charge is 2.13. The number of aromatic carboxylic acids is 1. The third-order valence-corrected chi connectivity index (χ3v) is 3.23. The minimum Gasteiger partial charge on any atom is -0.478 e. The Morgan fingerprint density at radius 2 is 1.90 bits per heavy atom. The summed E-state index contributed by atoms with van der Waals surface area (Å²) in [6.45, 7) is 0. The van der Waals surface area contributed by atoms with Crippen molar-refractivity contribution in [1.82, 2.24) is 14.6 Å². The van der Waals surface area contributed by atoms with Crippen LogP contribution in [0.1, 0.15) is 10.4 Å². The zero-order valence-corrected chi connectivity index (χ0v) is 11.7. The third kappa shape index (κ3) is 2.31. The van der Waals surface area contributed by atoms with Gasteiger partial charge in [0.2, 0.25) is 0 Å². The molecule has 0 radical (unpaired) electrons. The van der Waals surface area contributed by atoms with E-state index in [4.69, 9.17) is 0 Å². The number of aromatic nitrogens is 3. The average molecular weight is 282 g/mol. The summed E-state index contributed by atoms with van der Waals surface area (Å²) < 4.78 is 1.48. The number of carbonyl (C=O) groups is 1. The van der Waals surface area contributed by atoms with Crippen molar-refractivity contribution in [2.75, 3.05) is 19.0 Å². The number of anilines is 1. The molecule has 106 valence electrons. The number of fused-ring (bicyclic) bond motifs is 1. The molecule has 2 heterocycles. The number of pyridine rings is 1. The first kappa shape index (κ1) is 13.1. The zero-order valence-electron chi connectivity index (χ0n) is 11.7. The monoisotopic (exact) mass is 282 g/mol. The molecule has 0 bridgehead atoms. The molecule has 0 atom stereocenters. The molecule has 0 saturated heterocycles. The number of nitrogens with zero attached hydrogens (tertiary/aromatic N) is 4. The van der Waals surface area contributed by atoms with Crippen LogP contribution >= 0.6 is 0 Å². The van der Waals surface area contributed by atoms with Crippen molar-refractivity contribution in [3.8, 4) is 11.4 Å². The van der Waals surface area contributed by atoms with Gasteiger partial charge in [-0.2, -0.15) is 0 Å². The molecule has 6 nitrogen and oxygen atoms in total. The maximum atomic E-state index is 11.2. The van der Waals surface area contributed by atoms with Crippen LogP contribution in [0.3, 0.4) is 0 Å². The number of hydrogen-bond donors (Lipinski definition) is 1. The van der Waals surface area contributed by atoms with Gasteiger partial charge >= 0.3 is 5.97 Å². The highest BCUT2D eigenvalue weighted by Crippen LogP contribution is 2.21. The van der Waals surface area contributed by atoms with E-state index in [9.17, 15) is 9.90 Å². The lowest BCUT2D eigenvalue weighted by Gasteiger charge is -2.11. The number of carboxylic acids is 1. The van der Waals surface area contributed by atoms with Gasteiger partial charge in [-0.05, 0) is 36.4 Å². The average Bonchev–Trinajstić information content (AvgIpc) is 2.90. The van der Waals surface area contributed by atoms with Crippen molar-refractivity contribution in [2.24, 2.45) is 0 Å². The van der Waals surface area contributed by atoms with Crippen molar-refractivity contribution >= 4 is 17.3 Å². The van der Waals surface area contributed by atoms with Crippen LogP contribution in [0, 0.1) is 0 Å². The molecule has 3 aromatic rings. The molecule has 0 amide bonds. The van der Waals surface area contributed by atoms with Gasteiger partial charge in [0.25, 0.3) is 0 Å². The molecule has 1 aromatic carbocycles. The lowest BCUT2D eigenvalue weighted by Crippen LogP contribution is -2.07. The van der Waals surface area contributed by atoms with Gasteiger partial charge in [-0.1, -0.05) is 0 Å². The number of rotatable bonds is 3. The zero-order chi connectivity index (χ0) is 15.0. The van der Waals surface area contributed by atoms with Crippen molar-refractivity contribution in [2.45, 2.75) is 0 Å². The van der Waals surface area contributed by atoms with E-state index in [0.29, 0.717) is 11.5 Å². The molecular weight excluding hydrogens is 268 g/mol. The molecule has 2 aromatic heterocycles. The maximum absolute atomic E-state index is 11.2.